The molecule has 2 aromatic carbocycles. The summed E-state index contributed by atoms with van der Waals surface area (Å²) in [6, 6.07) is 16.0. The van der Waals surface area contributed by atoms with Gasteiger partial charge in [-0.05, 0) is 87.0 Å². The second-order valence-corrected chi connectivity index (χ2v) is 10.8. The lowest BCUT2D eigenvalue weighted by atomic mass is 9.74. The first-order valence-electron chi connectivity index (χ1n) is 13.5. The van der Waals surface area contributed by atoms with Crippen molar-refractivity contribution in [1.82, 2.24) is 9.80 Å². The van der Waals surface area contributed by atoms with Crippen LogP contribution in [0.2, 0.25) is 0 Å². The molecule has 0 unspecified atom stereocenters. The molecule has 2 aliphatic heterocycles. The van der Waals surface area contributed by atoms with Gasteiger partial charge in [0.1, 0.15) is 11.5 Å². The van der Waals surface area contributed by atoms with E-state index in [2.05, 4.69) is 35.8 Å². The van der Waals surface area contributed by atoms with Gasteiger partial charge in [-0.15, -0.1) is 0 Å². The molecule has 0 spiro atoms. The zero-order valence-electron chi connectivity index (χ0n) is 21.3. The van der Waals surface area contributed by atoms with Gasteiger partial charge in [-0.2, -0.15) is 0 Å². The largest absolute Gasteiger partial charge is 0.508 e. The van der Waals surface area contributed by atoms with E-state index in [1.165, 1.54) is 62.7 Å². The smallest absolute Gasteiger partial charge is 0.115 e. The van der Waals surface area contributed by atoms with Gasteiger partial charge in [-0.1, -0.05) is 51.0 Å². The van der Waals surface area contributed by atoms with Gasteiger partial charge in [0, 0.05) is 37.0 Å². The van der Waals surface area contributed by atoms with Crippen LogP contribution in [0.5, 0.6) is 11.5 Å². The molecule has 2 aliphatic rings. The second kappa shape index (κ2) is 11.1. The highest BCUT2D eigenvalue weighted by Crippen LogP contribution is 2.39. The van der Waals surface area contributed by atoms with E-state index in [1.807, 2.05) is 24.3 Å². The van der Waals surface area contributed by atoms with Crippen molar-refractivity contribution in [2.75, 3.05) is 39.3 Å². The van der Waals surface area contributed by atoms with E-state index in [9.17, 15) is 10.2 Å². The molecule has 2 saturated heterocycles. The molecule has 4 nitrogen and oxygen atoms in total. The third-order valence-electron chi connectivity index (χ3n) is 8.81. The molecule has 34 heavy (non-hydrogen) atoms. The molecular weight excluding hydrogens is 420 g/mol. The monoisotopic (exact) mass is 464 g/mol. The van der Waals surface area contributed by atoms with E-state index in [0.29, 0.717) is 11.5 Å². The van der Waals surface area contributed by atoms with Crippen LogP contribution in [0.25, 0.3) is 0 Å². The van der Waals surface area contributed by atoms with E-state index < -0.39 is 0 Å². The molecule has 0 aliphatic carbocycles. The Labute approximate surface area is 206 Å². The van der Waals surface area contributed by atoms with Gasteiger partial charge in [-0.3, -0.25) is 0 Å². The lowest BCUT2D eigenvalue weighted by Gasteiger charge is -2.39. The maximum atomic E-state index is 10.1. The summed E-state index contributed by atoms with van der Waals surface area (Å²) in [6.07, 6.45) is 9.61. The predicted molar refractivity (Wildman–Crippen MR) is 141 cm³/mol. The number of nitrogens with zero attached hydrogens (tertiary/aromatic N) is 2. The minimum Gasteiger partial charge on any atom is -0.508 e. The van der Waals surface area contributed by atoms with E-state index in [1.54, 1.807) is 12.1 Å². The van der Waals surface area contributed by atoms with Crippen LogP contribution in [-0.4, -0.2) is 59.3 Å². The first kappa shape index (κ1) is 25.1. The van der Waals surface area contributed by atoms with Crippen molar-refractivity contribution in [3.05, 3.63) is 59.7 Å². The molecule has 2 heterocycles. The molecule has 4 rings (SSSR count). The van der Waals surface area contributed by atoms with E-state index in [-0.39, 0.29) is 10.8 Å². The highest BCUT2D eigenvalue weighted by Gasteiger charge is 2.36. The molecule has 0 aromatic heterocycles. The van der Waals surface area contributed by atoms with Gasteiger partial charge in [0.15, 0.2) is 0 Å². The topological polar surface area (TPSA) is 46.9 Å². The van der Waals surface area contributed by atoms with Crippen LogP contribution < -0.4 is 0 Å². The molecule has 2 fully saturated rings. The Morgan fingerprint density at radius 2 is 1.12 bits per heavy atom. The average molecular weight is 465 g/mol. The van der Waals surface area contributed by atoms with Gasteiger partial charge < -0.3 is 20.0 Å². The molecule has 2 atom stereocenters. The fourth-order valence-corrected chi connectivity index (χ4v) is 6.56. The average Bonchev–Trinajstić information content (AvgIpc) is 3.20. The summed E-state index contributed by atoms with van der Waals surface area (Å²) in [5, 5.41) is 20.3. The standard InChI is InChI=1S/C30H44N2O2/c1-3-29(25-11-9-13-27(33)21-25)15-5-7-17-31(23-29)19-20-32-18-8-6-16-30(4-2,24-32)26-12-10-14-28(34)22-26/h9-14,21-22,33-34H,3-8,15-20,23-24H2,1-2H3/t29-,30-/m1/s1. The Hall–Kier alpha value is -2.04. The zero-order chi connectivity index (χ0) is 24.0. The molecule has 4 heteroatoms. The summed E-state index contributed by atoms with van der Waals surface area (Å²) < 4.78 is 0. The van der Waals surface area contributed by atoms with Crippen molar-refractivity contribution in [3.8, 4) is 11.5 Å². The Kier molecular flexibility index (Phi) is 8.21. The summed E-state index contributed by atoms with van der Waals surface area (Å²) >= 11 is 0. The molecule has 0 saturated carbocycles. The minimum absolute atomic E-state index is 0.128. The van der Waals surface area contributed by atoms with E-state index in [4.69, 9.17) is 0 Å². The van der Waals surface area contributed by atoms with Gasteiger partial charge in [0.25, 0.3) is 0 Å². The third-order valence-corrected chi connectivity index (χ3v) is 8.81. The number of phenolic OH excluding ortho intramolecular Hbond substituents is 2. The fourth-order valence-electron chi connectivity index (χ4n) is 6.56. The van der Waals surface area contributed by atoms with Crippen LogP contribution in [-0.2, 0) is 10.8 Å². The van der Waals surface area contributed by atoms with Crippen molar-refractivity contribution in [1.29, 1.82) is 0 Å². The molecule has 0 radical (unpaired) electrons. The Morgan fingerprint density at radius 3 is 1.50 bits per heavy atom. The molecule has 186 valence electrons. The minimum atomic E-state index is 0.128. The zero-order valence-corrected chi connectivity index (χ0v) is 21.3. The normalized spacial score (nSPS) is 27.2. The lowest BCUT2D eigenvalue weighted by molar-refractivity contribution is 0.162. The molecular formula is C30H44N2O2. The van der Waals surface area contributed by atoms with E-state index >= 15 is 0 Å². The van der Waals surface area contributed by atoms with Crippen LogP contribution in [0, 0.1) is 0 Å². The van der Waals surface area contributed by atoms with Crippen LogP contribution in [0.3, 0.4) is 0 Å². The summed E-state index contributed by atoms with van der Waals surface area (Å²) in [6.45, 7) is 11.3. The highest BCUT2D eigenvalue weighted by atomic mass is 16.3. The summed E-state index contributed by atoms with van der Waals surface area (Å²) in [4.78, 5) is 5.38. The maximum Gasteiger partial charge on any atom is 0.115 e. The highest BCUT2D eigenvalue weighted by molar-refractivity contribution is 5.35. The van der Waals surface area contributed by atoms with Crippen molar-refractivity contribution in [2.24, 2.45) is 0 Å². The van der Waals surface area contributed by atoms with Crippen LogP contribution in [0.1, 0.15) is 76.3 Å². The van der Waals surface area contributed by atoms with Crippen molar-refractivity contribution < 1.29 is 10.2 Å². The van der Waals surface area contributed by atoms with Crippen LogP contribution >= 0.6 is 0 Å². The number of rotatable bonds is 7. The second-order valence-electron chi connectivity index (χ2n) is 10.8. The summed E-state index contributed by atoms with van der Waals surface area (Å²) in [5.74, 6) is 0.766. The molecule has 2 aromatic rings. The van der Waals surface area contributed by atoms with Crippen molar-refractivity contribution >= 4 is 0 Å². The fraction of sp³-hybridized carbons (Fsp3) is 0.600. The Morgan fingerprint density at radius 1 is 0.676 bits per heavy atom. The molecule has 2 N–H and O–H groups in total. The Bertz CT molecular complexity index is 856. The quantitative estimate of drug-likeness (QED) is 0.522. The first-order valence-corrected chi connectivity index (χ1v) is 13.5. The van der Waals surface area contributed by atoms with Gasteiger partial charge in [0.2, 0.25) is 0 Å². The number of benzene rings is 2. The van der Waals surface area contributed by atoms with Gasteiger partial charge >= 0.3 is 0 Å². The van der Waals surface area contributed by atoms with Crippen LogP contribution in [0.15, 0.2) is 48.5 Å². The maximum absolute atomic E-state index is 10.1. The first-order chi connectivity index (χ1) is 16.5. The van der Waals surface area contributed by atoms with Crippen LogP contribution in [0.4, 0.5) is 0 Å². The number of aromatic hydroxyl groups is 2. The van der Waals surface area contributed by atoms with Gasteiger partial charge in [-0.25, -0.2) is 0 Å². The number of likely N-dealkylation sites (tertiary alicyclic amines) is 2. The molecule has 0 bridgehead atoms. The van der Waals surface area contributed by atoms with Crippen molar-refractivity contribution in [2.45, 2.75) is 76.0 Å². The summed E-state index contributed by atoms with van der Waals surface area (Å²) in [5.41, 5.74) is 2.85. The lowest BCUT2D eigenvalue weighted by Crippen LogP contribution is -2.45. The van der Waals surface area contributed by atoms with Crippen molar-refractivity contribution in [3.63, 3.8) is 0 Å². The number of hydrogen-bond donors (Lipinski definition) is 2. The van der Waals surface area contributed by atoms with Gasteiger partial charge in [0.05, 0.1) is 0 Å². The number of hydrogen-bond acceptors (Lipinski definition) is 4. The number of phenols is 2. The van der Waals surface area contributed by atoms with E-state index in [0.717, 1.165) is 39.0 Å². The predicted octanol–water partition coefficient (Wildman–Crippen LogP) is 6.07. The summed E-state index contributed by atoms with van der Waals surface area (Å²) in [7, 11) is 0. The Balaban J connectivity index is 1.47. The third kappa shape index (κ3) is 5.60. The SMILES string of the molecule is CC[C@@]1(c2cccc(O)c2)CCCCN(CCN2CCCC[C@@](CC)(c3cccc(O)c3)C2)C1. The molecule has 0 amide bonds.